The van der Waals surface area contributed by atoms with Crippen LogP contribution in [0.4, 0.5) is 0 Å². The Morgan fingerprint density at radius 2 is 2.00 bits per heavy atom. The smallest absolute Gasteiger partial charge is 0.234 e. The highest BCUT2D eigenvalue weighted by Gasteiger charge is 2.32. The maximum Gasteiger partial charge on any atom is 0.234 e. The summed E-state index contributed by atoms with van der Waals surface area (Å²) in [5.41, 5.74) is 1.30. The predicted octanol–water partition coefficient (Wildman–Crippen LogP) is 1.25. The van der Waals surface area contributed by atoms with Crippen molar-refractivity contribution >= 4 is 5.91 Å². The second kappa shape index (κ2) is 9.01. The normalized spacial score (nSPS) is 17.2. The van der Waals surface area contributed by atoms with E-state index in [0.717, 1.165) is 32.5 Å². The van der Waals surface area contributed by atoms with Crippen molar-refractivity contribution in [3.05, 3.63) is 35.9 Å². The molecule has 0 saturated carbocycles. The molecule has 5 nitrogen and oxygen atoms in total. The first-order chi connectivity index (χ1) is 11.1. The van der Waals surface area contributed by atoms with E-state index >= 15 is 0 Å². The van der Waals surface area contributed by atoms with Gasteiger partial charge in [0.1, 0.15) is 0 Å². The summed E-state index contributed by atoms with van der Waals surface area (Å²) in [6.07, 6.45) is 2.09. The van der Waals surface area contributed by atoms with Crippen LogP contribution in [0.3, 0.4) is 0 Å². The van der Waals surface area contributed by atoms with Gasteiger partial charge in [-0.05, 0) is 38.5 Å². The minimum absolute atomic E-state index is 0.0770. The van der Waals surface area contributed by atoms with Crippen LogP contribution in [0.25, 0.3) is 0 Å². The number of methoxy groups -OCH3 is 1. The third-order valence-corrected chi connectivity index (χ3v) is 4.48. The Balaban J connectivity index is 1.77. The lowest BCUT2D eigenvalue weighted by Crippen LogP contribution is -2.48. The Labute approximate surface area is 139 Å². The molecule has 0 unspecified atom stereocenters. The highest BCUT2D eigenvalue weighted by Crippen LogP contribution is 2.28. The van der Waals surface area contributed by atoms with Gasteiger partial charge in [-0.25, -0.2) is 0 Å². The van der Waals surface area contributed by atoms with Crippen molar-refractivity contribution in [1.82, 2.24) is 15.5 Å². The zero-order valence-corrected chi connectivity index (χ0v) is 14.3. The molecule has 0 aromatic heterocycles. The van der Waals surface area contributed by atoms with Crippen molar-refractivity contribution in [3.63, 3.8) is 0 Å². The van der Waals surface area contributed by atoms with Gasteiger partial charge in [-0.2, -0.15) is 0 Å². The number of nitrogens with one attached hydrogen (secondary N) is 2. The number of nitrogens with zero attached hydrogens (tertiary/aromatic N) is 1. The van der Waals surface area contributed by atoms with E-state index in [4.69, 9.17) is 4.74 Å². The minimum atomic E-state index is 0.0770. The molecule has 1 aromatic rings. The fraction of sp³-hybridized carbons (Fsp3) is 0.611. The standard InChI is InChI=1S/C18H29N3O2/c1-21(12-16-6-4-3-5-7-16)13-17(22)20-14-18(15-23-2)8-10-19-11-9-18/h3-7,19H,8-15H2,1-2H3,(H,20,22). The van der Waals surface area contributed by atoms with Gasteiger partial charge in [0.2, 0.25) is 5.91 Å². The van der Waals surface area contributed by atoms with Gasteiger partial charge in [-0.3, -0.25) is 9.69 Å². The number of likely N-dealkylation sites (N-methyl/N-ethyl adjacent to an activating group) is 1. The van der Waals surface area contributed by atoms with Crippen LogP contribution in [0.2, 0.25) is 0 Å². The highest BCUT2D eigenvalue weighted by molar-refractivity contribution is 5.78. The van der Waals surface area contributed by atoms with E-state index in [0.29, 0.717) is 19.7 Å². The molecule has 5 heteroatoms. The first-order valence-electron chi connectivity index (χ1n) is 8.32. The number of amides is 1. The fourth-order valence-electron chi connectivity index (χ4n) is 3.17. The lowest BCUT2D eigenvalue weighted by molar-refractivity contribution is -0.123. The molecule has 1 saturated heterocycles. The molecule has 1 fully saturated rings. The fourth-order valence-corrected chi connectivity index (χ4v) is 3.17. The molecular formula is C18H29N3O2. The van der Waals surface area contributed by atoms with Crippen LogP contribution < -0.4 is 10.6 Å². The van der Waals surface area contributed by atoms with Crippen LogP contribution >= 0.6 is 0 Å². The molecule has 0 atom stereocenters. The van der Waals surface area contributed by atoms with Crippen LogP contribution in [0, 0.1) is 5.41 Å². The van der Waals surface area contributed by atoms with Crippen LogP contribution in [0.15, 0.2) is 30.3 Å². The second-order valence-electron chi connectivity index (χ2n) is 6.62. The maximum atomic E-state index is 12.2. The number of carbonyl (C=O) groups is 1. The van der Waals surface area contributed by atoms with Gasteiger partial charge >= 0.3 is 0 Å². The molecule has 23 heavy (non-hydrogen) atoms. The van der Waals surface area contributed by atoms with Crippen LogP contribution in [0.1, 0.15) is 18.4 Å². The summed E-state index contributed by atoms with van der Waals surface area (Å²) in [7, 11) is 3.71. The monoisotopic (exact) mass is 319 g/mol. The van der Waals surface area contributed by atoms with Crippen LogP contribution in [-0.2, 0) is 16.1 Å². The molecule has 1 aromatic carbocycles. The van der Waals surface area contributed by atoms with Crippen molar-refractivity contribution in [2.75, 3.05) is 46.9 Å². The summed E-state index contributed by atoms with van der Waals surface area (Å²) >= 11 is 0. The van der Waals surface area contributed by atoms with Crippen molar-refractivity contribution < 1.29 is 9.53 Å². The molecule has 2 rings (SSSR count). The van der Waals surface area contributed by atoms with Crippen LogP contribution in [-0.4, -0.2) is 57.8 Å². The first kappa shape index (κ1) is 17.9. The van der Waals surface area contributed by atoms with E-state index in [1.165, 1.54) is 5.56 Å². The highest BCUT2D eigenvalue weighted by atomic mass is 16.5. The van der Waals surface area contributed by atoms with E-state index in [1.807, 2.05) is 30.1 Å². The van der Waals surface area contributed by atoms with Gasteiger partial charge in [-0.1, -0.05) is 30.3 Å². The van der Waals surface area contributed by atoms with Gasteiger partial charge in [-0.15, -0.1) is 0 Å². The Kier molecular flexibility index (Phi) is 7.02. The summed E-state index contributed by atoms with van der Waals surface area (Å²) in [6, 6.07) is 10.2. The number of piperidine rings is 1. The second-order valence-corrected chi connectivity index (χ2v) is 6.62. The summed E-state index contributed by atoms with van der Waals surface area (Å²) in [5.74, 6) is 0.0810. The van der Waals surface area contributed by atoms with Gasteiger partial charge in [0, 0.05) is 25.6 Å². The largest absolute Gasteiger partial charge is 0.384 e. The molecule has 0 spiro atoms. The maximum absolute atomic E-state index is 12.2. The minimum Gasteiger partial charge on any atom is -0.384 e. The van der Waals surface area contributed by atoms with Gasteiger partial charge in [0.05, 0.1) is 13.2 Å². The first-order valence-corrected chi connectivity index (χ1v) is 8.32. The summed E-state index contributed by atoms with van der Waals surface area (Å²) < 4.78 is 5.39. The number of ether oxygens (including phenoxy) is 1. The van der Waals surface area contributed by atoms with Crippen molar-refractivity contribution in [3.8, 4) is 0 Å². The third kappa shape index (κ3) is 5.94. The number of carbonyl (C=O) groups excluding carboxylic acids is 1. The zero-order chi connectivity index (χ0) is 16.5. The van der Waals surface area contributed by atoms with E-state index in [1.54, 1.807) is 7.11 Å². The Bertz CT molecular complexity index is 467. The molecule has 1 heterocycles. The molecule has 0 radical (unpaired) electrons. The lowest BCUT2D eigenvalue weighted by Gasteiger charge is -2.37. The Hall–Kier alpha value is -1.43. The number of hydrogen-bond donors (Lipinski definition) is 2. The van der Waals surface area contributed by atoms with Gasteiger partial charge in [0.25, 0.3) is 0 Å². The molecular weight excluding hydrogens is 290 g/mol. The van der Waals surface area contributed by atoms with Crippen LogP contribution in [0.5, 0.6) is 0 Å². The molecule has 128 valence electrons. The Morgan fingerprint density at radius 3 is 2.65 bits per heavy atom. The zero-order valence-electron chi connectivity index (χ0n) is 14.3. The predicted molar refractivity (Wildman–Crippen MR) is 92.2 cm³/mol. The number of rotatable bonds is 8. The van der Waals surface area contributed by atoms with Crippen molar-refractivity contribution in [2.45, 2.75) is 19.4 Å². The molecule has 0 bridgehead atoms. The number of benzene rings is 1. The molecule has 1 aliphatic heterocycles. The van der Waals surface area contributed by atoms with Gasteiger partial charge in [0.15, 0.2) is 0 Å². The average Bonchev–Trinajstić information content (AvgIpc) is 2.55. The molecule has 0 aliphatic carbocycles. The van der Waals surface area contributed by atoms with E-state index < -0.39 is 0 Å². The van der Waals surface area contributed by atoms with Gasteiger partial charge < -0.3 is 15.4 Å². The van der Waals surface area contributed by atoms with Crippen molar-refractivity contribution in [1.29, 1.82) is 0 Å². The SMILES string of the molecule is COCC1(CNC(=O)CN(C)Cc2ccccc2)CCNCC1. The Morgan fingerprint density at radius 1 is 1.30 bits per heavy atom. The summed E-state index contributed by atoms with van der Waals surface area (Å²) in [4.78, 5) is 14.3. The summed E-state index contributed by atoms with van der Waals surface area (Å²) in [5, 5.41) is 6.47. The quantitative estimate of drug-likeness (QED) is 0.757. The lowest BCUT2D eigenvalue weighted by atomic mass is 9.79. The average molecular weight is 319 g/mol. The van der Waals surface area contributed by atoms with Crippen molar-refractivity contribution in [2.24, 2.45) is 5.41 Å². The number of hydrogen-bond acceptors (Lipinski definition) is 4. The molecule has 1 aliphatic rings. The van der Waals surface area contributed by atoms with E-state index in [2.05, 4.69) is 22.8 Å². The molecule has 1 amide bonds. The summed E-state index contributed by atoms with van der Waals surface area (Å²) in [6.45, 7) is 4.58. The van der Waals surface area contributed by atoms with E-state index in [-0.39, 0.29) is 11.3 Å². The topological polar surface area (TPSA) is 53.6 Å². The van der Waals surface area contributed by atoms with E-state index in [9.17, 15) is 4.79 Å². The molecule has 2 N–H and O–H groups in total. The third-order valence-electron chi connectivity index (χ3n) is 4.48.